The Morgan fingerprint density at radius 3 is 1.29 bits per heavy atom. The van der Waals surface area contributed by atoms with Crippen LogP contribution in [-0.2, 0) is 43.2 Å². The van der Waals surface area contributed by atoms with E-state index >= 15 is 0 Å². The van der Waals surface area contributed by atoms with E-state index in [2.05, 4.69) is 47.2 Å². The molecule has 0 heterocycles. The number of aliphatic imine (C=N–C) groups is 2. The fourth-order valence-corrected chi connectivity index (χ4v) is 6.11. The summed E-state index contributed by atoms with van der Waals surface area (Å²) < 4.78 is 0.563. The summed E-state index contributed by atoms with van der Waals surface area (Å²) in [6.07, 6.45) is -2.86. The Hall–Kier alpha value is -6.39. The highest BCUT2D eigenvalue weighted by molar-refractivity contribution is 5.98. The molecule has 8 amide bonds. The molecule has 0 radical (unpaired) electrons. The Morgan fingerprint density at radius 1 is 0.500 bits per heavy atom. The van der Waals surface area contributed by atoms with Gasteiger partial charge in [0.1, 0.15) is 42.3 Å². The summed E-state index contributed by atoms with van der Waals surface area (Å²) in [5.74, 6) is -9.30. The Balaban J connectivity index is 6.49. The third kappa shape index (κ3) is 26.1. The second-order valence-corrected chi connectivity index (χ2v) is 17.5. The van der Waals surface area contributed by atoms with Crippen LogP contribution in [0.25, 0.3) is 0 Å². The van der Waals surface area contributed by atoms with Crippen LogP contribution in [0.4, 0.5) is 0 Å². The molecule has 388 valence electrons. The van der Waals surface area contributed by atoms with E-state index in [9.17, 15) is 58.5 Å². The zero-order chi connectivity index (χ0) is 52.5. The molecular formula is C40H77N16O12+. The molecule has 0 fully saturated rings. The number of unbranched alkanes of at least 4 members (excludes halogenated alkanes) is 1. The summed E-state index contributed by atoms with van der Waals surface area (Å²) in [6, 6.07) is -11.5. The van der Waals surface area contributed by atoms with E-state index in [4.69, 9.17) is 34.4 Å². The summed E-state index contributed by atoms with van der Waals surface area (Å²) in [5.41, 5.74) is 32.3. The van der Waals surface area contributed by atoms with Gasteiger partial charge >= 0.3 is 5.97 Å². The molecule has 0 bridgehead atoms. The highest BCUT2D eigenvalue weighted by Gasteiger charge is 2.36. The van der Waals surface area contributed by atoms with Gasteiger partial charge in [-0.15, -0.1) is 0 Å². The van der Waals surface area contributed by atoms with Gasteiger partial charge in [-0.05, 0) is 79.1 Å². The Kier molecular flexibility index (Phi) is 27.9. The van der Waals surface area contributed by atoms with Crippen LogP contribution in [-0.4, -0.2) is 186 Å². The molecule has 68 heavy (non-hydrogen) atoms. The number of guanidine groups is 2. The van der Waals surface area contributed by atoms with Gasteiger partial charge in [-0.2, -0.15) is 0 Å². The molecule has 28 heteroatoms. The maximum absolute atomic E-state index is 14.1. The summed E-state index contributed by atoms with van der Waals surface area (Å²) >= 11 is 0. The van der Waals surface area contributed by atoms with Crippen molar-refractivity contribution in [3.8, 4) is 0 Å². The zero-order valence-electron chi connectivity index (χ0n) is 40.1. The van der Waals surface area contributed by atoms with Crippen molar-refractivity contribution in [2.75, 3.05) is 40.8 Å². The van der Waals surface area contributed by atoms with Crippen molar-refractivity contribution in [2.45, 2.75) is 146 Å². The van der Waals surface area contributed by atoms with Crippen LogP contribution in [0.5, 0.6) is 0 Å². The molecule has 0 aromatic carbocycles. The number of primary amides is 1. The van der Waals surface area contributed by atoms with E-state index in [1.165, 1.54) is 20.8 Å². The van der Waals surface area contributed by atoms with Crippen molar-refractivity contribution in [1.29, 1.82) is 0 Å². The Morgan fingerprint density at radius 2 is 0.882 bits per heavy atom. The third-order valence-corrected chi connectivity index (χ3v) is 9.95. The predicted octanol–water partition coefficient (Wildman–Crippen LogP) is -7.16. The number of amides is 8. The minimum Gasteiger partial charge on any atom is -0.480 e. The number of nitrogens with two attached hydrogens (primary N) is 6. The van der Waals surface area contributed by atoms with Crippen LogP contribution in [0.2, 0.25) is 0 Å². The summed E-state index contributed by atoms with van der Waals surface area (Å²) in [4.78, 5) is 125. The molecule has 22 N–H and O–H groups in total. The van der Waals surface area contributed by atoms with Crippen LogP contribution in [0.3, 0.4) is 0 Å². The lowest BCUT2D eigenvalue weighted by Gasteiger charge is -2.29. The van der Waals surface area contributed by atoms with Crippen molar-refractivity contribution in [2.24, 2.45) is 44.4 Å². The lowest BCUT2D eigenvalue weighted by Crippen LogP contribution is -2.62. The molecule has 0 saturated heterocycles. The molecule has 0 saturated carbocycles. The molecule has 28 nitrogen and oxygen atoms in total. The summed E-state index contributed by atoms with van der Waals surface area (Å²) in [6.45, 7) is 5.79. The molecule has 0 aliphatic rings. The van der Waals surface area contributed by atoms with Crippen molar-refractivity contribution in [3.63, 3.8) is 0 Å². The first-order valence-corrected chi connectivity index (χ1v) is 22.1. The molecule has 0 spiro atoms. The second kappa shape index (κ2) is 30.8. The molecular weight excluding hydrogens is 897 g/mol. The van der Waals surface area contributed by atoms with Gasteiger partial charge in [0.15, 0.2) is 11.9 Å². The molecule has 0 unspecified atom stereocenters. The SMILES string of the molecule is C[C@H](N)C(=O)N[C@@H](CCCN=C(N)N)C(=O)N[C@H](C(=O)N[C@@H](CCCC[N+](C)(C)C)C(=O)N[C@@H](CCC(N)=O)C(=O)N[C@H](C(=O)N[C@@H](C)C(=O)N[C@@H](CCCN=C(N)N)C(=O)O)[C@@H](C)O)[C@@H](C)O. The van der Waals surface area contributed by atoms with Crippen LogP contribution < -0.4 is 71.6 Å². The van der Waals surface area contributed by atoms with Crippen molar-refractivity contribution < 1.29 is 63.0 Å². The first-order valence-electron chi connectivity index (χ1n) is 22.1. The Bertz CT molecular complexity index is 1760. The van der Waals surface area contributed by atoms with Crippen LogP contribution >= 0.6 is 0 Å². The summed E-state index contributed by atoms with van der Waals surface area (Å²) in [5, 5.41) is 47.6. The van der Waals surface area contributed by atoms with Crippen LogP contribution in [0.1, 0.15) is 85.5 Å². The monoisotopic (exact) mass is 974 g/mol. The molecule has 0 rings (SSSR count). The molecule has 0 aliphatic heterocycles. The van der Waals surface area contributed by atoms with E-state index in [1.807, 2.05) is 21.1 Å². The number of nitrogens with zero attached hydrogens (tertiary/aromatic N) is 3. The topological polar surface area (TPSA) is 479 Å². The minimum absolute atomic E-state index is 0.00983. The summed E-state index contributed by atoms with van der Waals surface area (Å²) in [7, 11) is 5.83. The maximum Gasteiger partial charge on any atom is 0.326 e. The van der Waals surface area contributed by atoms with E-state index in [0.29, 0.717) is 23.9 Å². The maximum atomic E-state index is 14.1. The van der Waals surface area contributed by atoms with Gasteiger partial charge in [0.25, 0.3) is 0 Å². The number of hydrogen-bond acceptors (Lipinski definition) is 14. The van der Waals surface area contributed by atoms with Gasteiger partial charge in [0, 0.05) is 19.5 Å². The number of quaternary nitrogens is 1. The second-order valence-electron chi connectivity index (χ2n) is 17.5. The molecule has 10 atom stereocenters. The number of rotatable bonds is 33. The van der Waals surface area contributed by atoms with Crippen molar-refractivity contribution in [1.82, 2.24) is 37.2 Å². The molecule has 0 aromatic rings. The number of aliphatic hydroxyl groups excluding tert-OH is 2. The van der Waals surface area contributed by atoms with Crippen molar-refractivity contribution >= 4 is 65.1 Å². The average Bonchev–Trinajstić information content (AvgIpc) is 3.21. The first kappa shape index (κ1) is 61.6. The lowest BCUT2D eigenvalue weighted by atomic mass is 10.0. The number of carbonyl (C=O) groups excluding carboxylic acids is 8. The normalized spacial score (nSPS) is 15.6. The number of aliphatic hydroxyl groups is 2. The van der Waals surface area contributed by atoms with Gasteiger partial charge in [-0.1, -0.05) is 0 Å². The number of hydrogen-bond donors (Lipinski definition) is 16. The van der Waals surface area contributed by atoms with E-state index in [0.717, 1.165) is 6.92 Å². The third-order valence-electron chi connectivity index (χ3n) is 9.95. The number of carbonyl (C=O) groups is 9. The highest BCUT2D eigenvalue weighted by atomic mass is 16.4. The van der Waals surface area contributed by atoms with Crippen LogP contribution in [0, 0.1) is 0 Å². The van der Waals surface area contributed by atoms with Gasteiger partial charge in [-0.3, -0.25) is 48.3 Å². The van der Waals surface area contributed by atoms with E-state index in [1.54, 1.807) is 0 Å². The number of carboxylic acid groups (broad SMARTS) is 1. The Labute approximate surface area is 395 Å². The smallest absolute Gasteiger partial charge is 0.326 e. The number of aliphatic carboxylic acids is 1. The average molecular weight is 974 g/mol. The minimum atomic E-state index is -1.77. The molecule has 0 aromatic heterocycles. The lowest BCUT2D eigenvalue weighted by molar-refractivity contribution is -0.870. The van der Waals surface area contributed by atoms with Gasteiger partial charge in [0.05, 0.1) is 45.9 Å². The fourth-order valence-electron chi connectivity index (χ4n) is 6.11. The quantitative estimate of drug-likeness (QED) is 0.0126. The van der Waals surface area contributed by atoms with E-state index in [-0.39, 0.29) is 57.1 Å². The van der Waals surface area contributed by atoms with Gasteiger partial charge in [0.2, 0.25) is 47.3 Å². The van der Waals surface area contributed by atoms with Crippen LogP contribution in [0.15, 0.2) is 9.98 Å². The van der Waals surface area contributed by atoms with Gasteiger partial charge in [-0.25, -0.2) is 4.79 Å². The number of carboxylic acids is 1. The number of nitrogens with one attached hydrogen (secondary N) is 7. The largest absolute Gasteiger partial charge is 0.480 e. The fraction of sp³-hybridized carbons (Fsp3) is 0.725. The zero-order valence-corrected chi connectivity index (χ0v) is 40.1. The molecule has 0 aliphatic carbocycles. The highest BCUT2D eigenvalue weighted by Crippen LogP contribution is 2.10. The first-order chi connectivity index (χ1) is 31.5. The van der Waals surface area contributed by atoms with Crippen molar-refractivity contribution in [3.05, 3.63) is 0 Å². The predicted molar refractivity (Wildman–Crippen MR) is 249 cm³/mol. The van der Waals surface area contributed by atoms with Gasteiger partial charge < -0.3 is 91.4 Å². The van der Waals surface area contributed by atoms with E-state index < -0.39 is 127 Å². The standard InChI is InChI=1S/C40H76N16O12/c1-20(41)31(60)50-25(13-10-17-47-39(43)44)34(63)55-30(23(4)58)37(66)52-24(12-8-9-19-56(5,6)7)33(62)51-26(15-16-28(42)59)35(64)54-29(22(3)57)36(65)49-21(2)32(61)53-27(38(67)68)14-11-18-48-40(45)46/h20-27,29-30,57-58H,8-19,41H2,1-7H3,(H17-,42,43,44,45,46,47,48,49,50,51,52,53,54,55,59,60,61,62,63,64,65,66,67,68)/p+1/t20-,21-,22+,23+,24-,25-,26-,27-,29-,30-/m0/s1.